The van der Waals surface area contributed by atoms with Crippen LogP contribution in [0.5, 0.6) is 0 Å². The third-order valence-corrected chi connectivity index (χ3v) is 2.50. The van der Waals surface area contributed by atoms with E-state index in [1.54, 1.807) is 6.08 Å². The van der Waals surface area contributed by atoms with Crippen molar-refractivity contribution in [2.75, 3.05) is 0 Å². The molecule has 0 radical (unpaired) electrons. The Kier molecular flexibility index (Phi) is 3.27. The van der Waals surface area contributed by atoms with Crippen molar-refractivity contribution in [3.63, 3.8) is 0 Å². The van der Waals surface area contributed by atoms with Gasteiger partial charge in [-0.2, -0.15) is 0 Å². The average molecular weight is 164 g/mol. The highest BCUT2D eigenvalue weighted by molar-refractivity contribution is 5.67. The van der Waals surface area contributed by atoms with Gasteiger partial charge in [0.1, 0.15) is 6.29 Å². The highest BCUT2D eigenvalue weighted by Crippen LogP contribution is 2.26. The first kappa shape index (κ1) is 9.24. The second-order valence-corrected chi connectivity index (χ2v) is 3.59. The largest absolute Gasteiger partial charge is 0.299 e. The fourth-order valence-corrected chi connectivity index (χ4v) is 1.53. The van der Waals surface area contributed by atoms with E-state index >= 15 is 0 Å². The fourth-order valence-electron chi connectivity index (χ4n) is 1.53. The minimum absolute atomic E-state index is 0.817. The van der Waals surface area contributed by atoms with Crippen molar-refractivity contribution in [1.29, 1.82) is 0 Å². The minimum atomic E-state index is 0.817. The van der Waals surface area contributed by atoms with Crippen LogP contribution in [-0.4, -0.2) is 6.29 Å². The Bertz CT molecular complexity index is 223. The Morgan fingerprint density at radius 3 is 2.92 bits per heavy atom. The molecule has 0 aliphatic heterocycles. The zero-order chi connectivity index (χ0) is 8.97. The van der Waals surface area contributed by atoms with E-state index < -0.39 is 0 Å². The quantitative estimate of drug-likeness (QED) is 0.453. The van der Waals surface area contributed by atoms with E-state index in [-0.39, 0.29) is 0 Å². The zero-order valence-corrected chi connectivity index (χ0v) is 7.84. The second kappa shape index (κ2) is 4.24. The normalized spacial score (nSPS) is 25.0. The van der Waals surface area contributed by atoms with Crippen molar-refractivity contribution >= 4 is 6.29 Å². The smallest absolute Gasteiger partial charge is 0.143 e. The molecular weight excluding hydrogens is 148 g/mol. The average Bonchev–Trinajstić information content (AvgIpc) is 2.06. The first-order chi connectivity index (χ1) is 5.74. The molecule has 0 fully saturated rings. The van der Waals surface area contributed by atoms with Crippen molar-refractivity contribution in [3.8, 4) is 0 Å². The minimum Gasteiger partial charge on any atom is -0.299 e. The van der Waals surface area contributed by atoms with Crippen LogP contribution in [0.4, 0.5) is 0 Å². The Labute approximate surface area is 74.2 Å². The molecule has 1 unspecified atom stereocenters. The number of hydrogen-bond donors (Lipinski definition) is 0. The summed E-state index contributed by atoms with van der Waals surface area (Å²) in [6, 6.07) is 0. The van der Waals surface area contributed by atoms with Crippen molar-refractivity contribution in [3.05, 3.63) is 23.3 Å². The predicted octanol–water partition coefficient (Wildman–Crippen LogP) is 2.88. The van der Waals surface area contributed by atoms with Gasteiger partial charge in [-0.1, -0.05) is 13.0 Å². The molecule has 0 spiro atoms. The molecule has 1 aliphatic carbocycles. The lowest BCUT2D eigenvalue weighted by Crippen LogP contribution is -2.02. The molecule has 0 aromatic heterocycles. The van der Waals surface area contributed by atoms with Gasteiger partial charge in [-0.3, -0.25) is 4.79 Å². The van der Waals surface area contributed by atoms with E-state index in [9.17, 15) is 4.79 Å². The number of carbonyl (C=O) groups is 1. The summed E-state index contributed by atoms with van der Waals surface area (Å²) in [7, 11) is 0. The lowest BCUT2D eigenvalue weighted by atomic mass is 9.88. The molecule has 1 atom stereocenters. The summed E-state index contributed by atoms with van der Waals surface area (Å²) in [5.41, 5.74) is 2.50. The highest BCUT2D eigenvalue weighted by Gasteiger charge is 2.10. The summed E-state index contributed by atoms with van der Waals surface area (Å²) in [5.74, 6) is 0.817. The second-order valence-electron chi connectivity index (χ2n) is 3.59. The third kappa shape index (κ3) is 2.33. The summed E-state index contributed by atoms with van der Waals surface area (Å²) in [4.78, 5) is 10.2. The lowest BCUT2D eigenvalue weighted by molar-refractivity contribution is -0.104. The molecular formula is C11H16O. The monoisotopic (exact) mass is 164 g/mol. The first-order valence-electron chi connectivity index (χ1n) is 4.55. The molecule has 0 heterocycles. The molecule has 0 aromatic carbocycles. The summed E-state index contributed by atoms with van der Waals surface area (Å²) < 4.78 is 0. The fraction of sp³-hybridized carbons (Fsp3) is 0.545. The Hall–Kier alpha value is -0.850. The van der Waals surface area contributed by atoms with Crippen molar-refractivity contribution in [2.45, 2.75) is 33.1 Å². The van der Waals surface area contributed by atoms with Gasteiger partial charge in [0, 0.05) is 0 Å². The van der Waals surface area contributed by atoms with Gasteiger partial charge in [-0.15, -0.1) is 0 Å². The van der Waals surface area contributed by atoms with Crippen LogP contribution in [-0.2, 0) is 4.79 Å². The van der Waals surface area contributed by atoms with Crippen LogP contribution in [0, 0.1) is 5.92 Å². The van der Waals surface area contributed by atoms with E-state index in [1.807, 2.05) is 6.92 Å². The predicted molar refractivity (Wildman–Crippen MR) is 50.9 cm³/mol. The van der Waals surface area contributed by atoms with Crippen molar-refractivity contribution in [2.24, 2.45) is 5.92 Å². The number of carbonyl (C=O) groups excluding carboxylic acids is 1. The summed E-state index contributed by atoms with van der Waals surface area (Å²) in [6.07, 6.45) is 8.35. The maximum atomic E-state index is 10.2. The Morgan fingerprint density at radius 2 is 2.42 bits per heavy atom. The van der Waals surface area contributed by atoms with Gasteiger partial charge in [0.15, 0.2) is 0 Å². The molecule has 12 heavy (non-hydrogen) atoms. The Balaban J connectivity index is 2.64. The highest BCUT2D eigenvalue weighted by atomic mass is 16.1. The van der Waals surface area contributed by atoms with E-state index in [1.165, 1.54) is 18.4 Å². The van der Waals surface area contributed by atoms with E-state index in [4.69, 9.17) is 0 Å². The Morgan fingerprint density at radius 1 is 1.67 bits per heavy atom. The molecule has 0 bridgehead atoms. The van der Waals surface area contributed by atoms with Gasteiger partial charge in [0.2, 0.25) is 0 Å². The molecule has 1 heteroatoms. The van der Waals surface area contributed by atoms with Gasteiger partial charge < -0.3 is 0 Å². The van der Waals surface area contributed by atoms with Gasteiger partial charge in [-0.05, 0) is 49.3 Å². The van der Waals surface area contributed by atoms with Crippen LogP contribution < -0.4 is 0 Å². The number of allylic oxidation sites excluding steroid dienone is 4. The molecule has 1 aliphatic rings. The molecule has 1 rings (SSSR count). The topological polar surface area (TPSA) is 17.1 Å². The van der Waals surface area contributed by atoms with Crippen LogP contribution in [0.1, 0.15) is 33.1 Å². The van der Waals surface area contributed by atoms with Crippen LogP contribution in [0.3, 0.4) is 0 Å². The standard InChI is InChI=1S/C11H16O/c1-9-3-5-11(6-4-9)10(2)7-8-12/h5,7-9H,3-4,6H2,1-2H3. The first-order valence-corrected chi connectivity index (χ1v) is 4.55. The van der Waals surface area contributed by atoms with E-state index in [0.717, 1.165) is 24.2 Å². The van der Waals surface area contributed by atoms with E-state index in [0.29, 0.717) is 0 Å². The van der Waals surface area contributed by atoms with Crippen LogP contribution in [0.25, 0.3) is 0 Å². The van der Waals surface area contributed by atoms with Crippen LogP contribution in [0.15, 0.2) is 23.3 Å². The summed E-state index contributed by atoms with van der Waals surface area (Å²) in [6.45, 7) is 4.28. The van der Waals surface area contributed by atoms with E-state index in [2.05, 4.69) is 13.0 Å². The van der Waals surface area contributed by atoms with Gasteiger partial charge in [0.25, 0.3) is 0 Å². The molecule has 0 N–H and O–H groups in total. The molecule has 66 valence electrons. The number of hydrogen-bond acceptors (Lipinski definition) is 1. The van der Waals surface area contributed by atoms with Crippen molar-refractivity contribution in [1.82, 2.24) is 0 Å². The third-order valence-electron chi connectivity index (χ3n) is 2.50. The van der Waals surface area contributed by atoms with Gasteiger partial charge >= 0.3 is 0 Å². The number of aldehydes is 1. The molecule has 0 saturated heterocycles. The SMILES string of the molecule is CC(=CC=O)C1=CCC(C)CC1. The number of rotatable bonds is 2. The van der Waals surface area contributed by atoms with Gasteiger partial charge in [0.05, 0.1) is 0 Å². The molecule has 0 aromatic rings. The maximum Gasteiger partial charge on any atom is 0.143 e. The maximum absolute atomic E-state index is 10.2. The van der Waals surface area contributed by atoms with Crippen LogP contribution >= 0.6 is 0 Å². The molecule has 1 nitrogen and oxygen atoms in total. The summed E-state index contributed by atoms with van der Waals surface area (Å²) >= 11 is 0. The summed E-state index contributed by atoms with van der Waals surface area (Å²) in [5, 5.41) is 0. The van der Waals surface area contributed by atoms with Crippen LogP contribution in [0.2, 0.25) is 0 Å². The van der Waals surface area contributed by atoms with Crippen molar-refractivity contribution < 1.29 is 4.79 Å². The van der Waals surface area contributed by atoms with Gasteiger partial charge in [-0.25, -0.2) is 0 Å². The lowest BCUT2D eigenvalue weighted by Gasteiger charge is -2.18. The molecule has 0 saturated carbocycles. The zero-order valence-electron chi connectivity index (χ0n) is 7.84. The molecule has 0 amide bonds.